The molecular formula is C20H20N6O2S. The molecular weight excluding hydrogens is 388 g/mol. The van der Waals surface area contributed by atoms with Crippen LogP contribution in [0.5, 0.6) is 5.75 Å². The third-order valence-corrected chi connectivity index (χ3v) is 5.46. The van der Waals surface area contributed by atoms with E-state index in [1.807, 2.05) is 48.0 Å². The van der Waals surface area contributed by atoms with Crippen LogP contribution >= 0.6 is 11.8 Å². The molecule has 3 aromatic heterocycles. The van der Waals surface area contributed by atoms with Crippen LogP contribution in [0.2, 0.25) is 0 Å². The second-order valence-electron chi connectivity index (χ2n) is 6.29. The van der Waals surface area contributed by atoms with E-state index < -0.39 is 0 Å². The van der Waals surface area contributed by atoms with E-state index in [-0.39, 0.29) is 0 Å². The van der Waals surface area contributed by atoms with E-state index in [1.165, 1.54) is 0 Å². The molecule has 0 spiro atoms. The molecule has 3 heterocycles. The zero-order chi connectivity index (χ0) is 20.1. The van der Waals surface area contributed by atoms with E-state index in [1.54, 1.807) is 31.3 Å². The van der Waals surface area contributed by atoms with Crippen LogP contribution in [0.1, 0.15) is 12.3 Å². The van der Waals surface area contributed by atoms with Crippen LogP contribution in [-0.2, 0) is 13.5 Å². The quantitative estimate of drug-likeness (QED) is 0.322. The molecule has 4 rings (SSSR count). The molecule has 0 saturated heterocycles. The number of ether oxygens (including phenoxy) is 1. The molecule has 0 fully saturated rings. The third-order valence-electron chi connectivity index (χ3n) is 4.36. The second-order valence-corrected chi connectivity index (χ2v) is 7.36. The Kier molecular flexibility index (Phi) is 5.85. The summed E-state index contributed by atoms with van der Waals surface area (Å²) in [5.41, 5.74) is 1.90. The van der Waals surface area contributed by atoms with Gasteiger partial charge in [0.05, 0.1) is 7.11 Å². The van der Waals surface area contributed by atoms with E-state index in [2.05, 4.69) is 25.3 Å². The lowest BCUT2D eigenvalue weighted by atomic mass is 10.2. The first-order chi connectivity index (χ1) is 14.2. The van der Waals surface area contributed by atoms with Crippen molar-refractivity contribution in [3.05, 3.63) is 54.7 Å². The van der Waals surface area contributed by atoms with E-state index in [9.17, 15) is 0 Å². The van der Waals surface area contributed by atoms with Gasteiger partial charge in [0.2, 0.25) is 11.7 Å². The Labute approximate surface area is 172 Å². The van der Waals surface area contributed by atoms with Crippen LogP contribution in [-0.4, -0.2) is 42.8 Å². The highest BCUT2D eigenvalue weighted by molar-refractivity contribution is 7.99. The summed E-state index contributed by atoms with van der Waals surface area (Å²) in [5.74, 6) is 3.75. The minimum Gasteiger partial charge on any atom is -0.497 e. The van der Waals surface area contributed by atoms with Crippen LogP contribution in [0.3, 0.4) is 0 Å². The number of hydrogen-bond donors (Lipinski definition) is 0. The van der Waals surface area contributed by atoms with Crippen molar-refractivity contribution < 1.29 is 9.26 Å². The number of methoxy groups -OCH3 is 1. The van der Waals surface area contributed by atoms with Gasteiger partial charge >= 0.3 is 0 Å². The van der Waals surface area contributed by atoms with Crippen LogP contribution in [0.25, 0.3) is 22.8 Å². The predicted octanol–water partition coefficient (Wildman–Crippen LogP) is 3.66. The maximum absolute atomic E-state index is 5.34. The summed E-state index contributed by atoms with van der Waals surface area (Å²) in [7, 11) is 3.63. The summed E-state index contributed by atoms with van der Waals surface area (Å²) in [4.78, 5) is 8.44. The Morgan fingerprint density at radius 2 is 1.83 bits per heavy atom. The normalized spacial score (nSPS) is 11.0. The van der Waals surface area contributed by atoms with Gasteiger partial charge in [-0.1, -0.05) is 16.9 Å². The Balaban J connectivity index is 1.31. The first-order valence-electron chi connectivity index (χ1n) is 9.14. The molecule has 9 heteroatoms. The molecule has 0 saturated carbocycles. The SMILES string of the molecule is COc1ccc(-c2nnc(SCCCc3nc(-c4ccncc4)no3)n2C)cc1. The molecule has 8 nitrogen and oxygen atoms in total. The number of hydrogen-bond acceptors (Lipinski definition) is 8. The fourth-order valence-corrected chi connectivity index (χ4v) is 3.64. The largest absolute Gasteiger partial charge is 0.497 e. The number of pyridine rings is 1. The molecule has 0 amide bonds. The molecule has 0 bridgehead atoms. The van der Waals surface area contributed by atoms with Crippen molar-refractivity contribution in [2.24, 2.45) is 7.05 Å². The highest BCUT2D eigenvalue weighted by atomic mass is 32.2. The zero-order valence-corrected chi connectivity index (χ0v) is 17.0. The molecule has 148 valence electrons. The van der Waals surface area contributed by atoms with Crippen molar-refractivity contribution >= 4 is 11.8 Å². The number of aromatic nitrogens is 6. The lowest BCUT2D eigenvalue weighted by Gasteiger charge is -2.04. The number of thioether (sulfide) groups is 1. The standard InChI is InChI=1S/C20H20N6O2S/c1-26-19(15-5-7-16(27-2)8-6-15)23-24-20(26)29-13-3-4-17-22-18(25-28-17)14-9-11-21-12-10-14/h5-12H,3-4,13H2,1-2H3. The van der Waals surface area contributed by atoms with Gasteiger partial charge < -0.3 is 13.8 Å². The van der Waals surface area contributed by atoms with E-state index >= 15 is 0 Å². The Bertz CT molecular complexity index is 1060. The first-order valence-corrected chi connectivity index (χ1v) is 10.1. The number of rotatable bonds is 8. The fourth-order valence-electron chi connectivity index (χ4n) is 2.79. The van der Waals surface area contributed by atoms with Gasteiger partial charge in [-0.3, -0.25) is 4.98 Å². The smallest absolute Gasteiger partial charge is 0.226 e. The highest BCUT2D eigenvalue weighted by Crippen LogP contribution is 2.25. The third kappa shape index (κ3) is 4.45. The zero-order valence-electron chi connectivity index (χ0n) is 16.1. The molecule has 0 N–H and O–H groups in total. The maximum atomic E-state index is 5.34. The van der Waals surface area contributed by atoms with Crippen molar-refractivity contribution in [3.63, 3.8) is 0 Å². The van der Waals surface area contributed by atoms with Gasteiger partial charge in [-0.05, 0) is 42.8 Å². The van der Waals surface area contributed by atoms with Crippen LogP contribution in [0, 0.1) is 0 Å². The second kappa shape index (κ2) is 8.87. The summed E-state index contributed by atoms with van der Waals surface area (Å²) in [6, 6.07) is 11.5. The predicted molar refractivity (Wildman–Crippen MR) is 110 cm³/mol. The maximum Gasteiger partial charge on any atom is 0.226 e. The van der Waals surface area contributed by atoms with Crippen molar-refractivity contribution in [3.8, 4) is 28.5 Å². The molecule has 0 aliphatic carbocycles. The van der Waals surface area contributed by atoms with Gasteiger partial charge in [-0.2, -0.15) is 4.98 Å². The van der Waals surface area contributed by atoms with Crippen LogP contribution in [0.15, 0.2) is 58.5 Å². The van der Waals surface area contributed by atoms with Gasteiger partial charge in [0.25, 0.3) is 0 Å². The molecule has 0 unspecified atom stereocenters. The van der Waals surface area contributed by atoms with Gasteiger partial charge in [0, 0.05) is 42.7 Å². The van der Waals surface area contributed by atoms with Crippen LogP contribution in [0.4, 0.5) is 0 Å². The average molecular weight is 408 g/mol. The summed E-state index contributed by atoms with van der Waals surface area (Å²) in [6.45, 7) is 0. The average Bonchev–Trinajstić information content (AvgIpc) is 3.39. The van der Waals surface area contributed by atoms with Gasteiger partial charge in [-0.15, -0.1) is 10.2 Å². The summed E-state index contributed by atoms with van der Waals surface area (Å²) >= 11 is 1.66. The lowest BCUT2D eigenvalue weighted by Crippen LogP contribution is -1.96. The minimum atomic E-state index is 0.590. The molecule has 4 aromatic rings. The number of benzene rings is 1. The van der Waals surface area contributed by atoms with Crippen molar-refractivity contribution in [1.29, 1.82) is 0 Å². The van der Waals surface area contributed by atoms with Crippen molar-refractivity contribution in [2.45, 2.75) is 18.0 Å². The molecule has 0 radical (unpaired) electrons. The molecule has 0 atom stereocenters. The lowest BCUT2D eigenvalue weighted by molar-refractivity contribution is 0.378. The van der Waals surface area contributed by atoms with E-state index in [4.69, 9.17) is 9.26 Å². The topological polar surface area (TPSA) is 91.8 Å². The summed E-state index contributed by atoms with van der Waals surface area (Å²) in [5, 5.41) is 13.5. The van der Waals surface area contributed by atoms with E-state index in [0.717, 1.165) is 40.0 Å². The number of aryl methyl sites for hydroxylation is 1. The first kappa shape index (κ1) is 19.1. The molecule has 0 aliphatic heterocycles. The molecule has 0 aliphatic rings. The molecule has 29 heavy (non-hydrogen) atoms. The Morgan fingerprint density at radius 3 is 2.59 bits per heavy atom. The number of nitrogens with zero attached hydrogens (tertiary/aromatic N) is 6. The van der Waals surface area contributed by atoms with Crippen molar-refractivity contribution in [2.75, 3.05) is 12.9 Å². The van der Waals surface area contributed by atoms with Gasteiger partial charge in [-0.25, -0.2) is 0 Å². The molecule has 1 aromatic carbocycles. The highest BCUT2D eigenvalue weighted by Gasteiger charge is 2.12. The van der Waals surface area contributed by atoms with Gasteiger partial charge in [0.15, 0.2) is 11.0 Å². The Hall–Kier alpha value is -3.20. The monoisotopic (exact) mass is 408 g/mol. The minimum absolute atomic E-state index is 0.590. The fraction of sp³-hybridized carbons (Fsp3) is 0.250. The van der Waals surface area contributed by atoms with E-state index in [0.29, 0.717) is 18.1 Å². The van der Waals surface area contributed by atoms with Crippen LogP contribution < -0.4 is 4.74 Å². The summed E-state index contributed by atoms with van der Waals surface area (Å²) in [6.07, 6.45) is 5.04. The Morgan fingerprint density at radius 1 is 1.03 bits per heavy atom. The van der Waals surface area contributed by atoms with Crippen molar-refractivity contribution in [1.82, 2.24) is 29.9 Å². The van der Waals surface area contributed by atoms with Gasteiger partial charge in [0.1, 0.15) is 5.75 Å². The summed E-state index contributed by atoms with van der Waals surface area (Å²) < 4.78 is 12.5.